The highest BCUT2D eigenvalue weighted by atomic mass is 15.3. The molecule has 0 N–H and O–H groups in total. The normalized spacial score (nSPS) is 11.5. The van der Waals surface area contributed by atoms with Crippen LogP contribution in [0.1, 0.15) is 0 Å². The molecule has 4 heteroatoms. The highest BCUT2D eigenvalue weighted by molar-refractivity contribution is 6.11. The minimum Gasteiger partial charge on any atom is -0.262 e. The SMILES string of the molecule is c1ccc2c(c1)c1ccncc1n1ncnc21. The van der Waals surface area contributed by atoms with Gasteiger partial charge in [-0.25, -0.2) is 9.50 Å². The molecule has 3 aromatic heterocycles. The van der Waals surface area contributed by atoms with Crippen LogP contribution in [0.5, 0.6) is 0 Å². The number of aromatic nitrogens is 4. The number of hydrogen-bond donors (Lipinski definition) is 0. The molecule has 0 amide bonds. The number of nitrogens with zero attached hydrogens (tertiary/aromatic N) is 4. The summed E-state index contributed by atoms with van der Waals surface area (Å²) in [4.78, 5) is 8.48. The Kier molecular flexibility index (Phi) is 1.53. The van der Waals surface area contributed by atoms with Crippen LogP contribution in [0.2, 0.25) is 0 Å². The summed E-state index contributed by atoms with van der Waals surface area (Å²) >= 11 is 0. The fraction of sp³-hybridized carbons (Fsp3) is 0. The maximum Gasteiger partial charge on any atom is 0.163 e. The van der Waals surface area contributed by atoms with Gasteiger partial charge in [0.2, 0.25) is 0 Å². The van der Waals surface area contributed by atoms with Gasteiger partial charge in [0.25, 0.3) is 0 Å². The summed E-state index contributed by atoms with van der Waals surface area (Å²) < 4.78 is 1.84. The third kappa shape index (κ3) is 1.04. The van der Waals surface area contributed by atoms with Crippen LogP contribution < -0.4 is 0 Å². The molecule has 0 fully saturated rings. The fourth-order valence-electron chi connectivity index (χ4n) is 2.30. The Hall–Kier alpha value is -2.49. The van der Waals surface area contributed by atoms with Crippen molar-refractivity contribution in [1.29, 1.82) is 0 Å². The highest BCUT2D eigenvalue weighted by Crippen LogP contribution is 2.26. The Labute approximate surface area is 96.5 Å². The van der Waals surface area contributed by atoms with Crippen molar-refractivity contribution >= 4 is 27.3 Å². The van der Waals surface area contributed by atoms with Crippen molar-refractivity contribution in [2.24, 2.45) is 0 Å². The molecular formula is C13H8N4. The molecule has 0 aliphatic carbocycles. The van der Waals surface area contributed by atoms with Gasteiger partial charge in [0.1, 0.15) is 6.33 Å². The van der Waals surface area contributed by atoms with Gasteiger partial charge in [0.05, 0.1) is 11.7 Å². The fourth-order valence-corrected chi connectivity index (χ4v) is 2.30. The third-order valence-electron chi connectivity index (χ3n) is 3.03. The molecule has 4 rings (SSSR count). The van der Waals surface area contributed by atoms with Gasteiger partial charge in [-0.05, 0) is 11.5 Å². The highest BCUT2D eigenvalue weighted by Gasteiger charge is 2.08. The molecule has 17 heavy (non-hydrogen) atoms. The van der Waals surface area contributed by atoms with Gasteiger partial charge in [-0.3, -0.25) is 4.98 Å². The quantitative estimate of drug-likeness (QED) is 0.427. The van der Waals surface area contributed by atoms with Crippen LogP contribution in [0, 0.1) is 0 Å². The topological polar surface area (TPSA) is 43.1 Å². The van der Waals surface area contributed by atoms with E-state index in [0.717, 1.165) is 21.9 Å². The van der Waals surface area contributed by atoms with E-state index in [1.54, 1.807) is 12.5 Å². The average molecular weight is 220 g/mol. The van der Waals surface area contributed by atoms with Crippen molar-refractivity contribution < 1.29 is 0 Å². The molecule has 0 aliphatic rings. The van der Waals surface area contributed by atoms with E-state index in [0.29, 0.717) is 0 Å². The second-order valence-corrected chi connectivity index (χ2v) is 3.93. The summed E-state index contributed by atoms with van der Waals surface area (Å²) in [6, 6.07) is 10.2. The Morgan fingerprint density at radius 3 is 2.76 bits per heavy atom. The molecule has 0 radical (unpaired) electrons. The second-order valence-electron chi connectivity index (χ2n) is 3.93. The summed E-state index contributed by atoms with van der Waals surface area (Å²) in [5.41, 5.74) is 1.86. The van der Waals surface area contributed by atoms with E-state index in [1.165, 1.54) is 5.39 Å². The van der Waals surface area contributed by atoms with Crippen LogP contribution in [0.3, 0.4) is 0 Å². The Morgan fingerprint density at radius 1 is 0.941 bits per heavy atom. The molecule has 0 saturated carbocycles. The van der Waals surface area contributed by atoms with Crippen molar-refractivity contribution in [3.8, 4) is 0 Å². The Balaban J connectivity index is 2.48. The van der Waals surface area contributed by atoms with E-state index in [-0.39, 0.29) is 0 Å². The van der Waals surface area contributed by atoms with Crippen LogP contribution in [-0.2, 0) is 0 Å². The maximum absolute atomic E-state index is 4.32. The lowest BCUT2D eigenvalue weighted by atomic mass is 10.1. The van der Waals surface area contributed by atoms with E-state index >= 15 is 0 Å². The third-order valence-corrected chi connectivity index (χ3v) is 3.03. The van der Waals surface area contributed by atoms with Gasteiger partial charge < -0.3 is 0 Å². The lowest BCUT2D eigenvalue weighted by Crippen LogP contribution is -1.93. The van der Waals surface area contributed by atoms with Crippen LogP contribution in [-0.4, -0.2) is 19.6 Å². The predicted octanol–water partition coefficient (Wildman–Crippen LogP) is 2.43. The first-order chi connectivity index (χ1) is 8.45. The summed E-state index contributed by atoms with van der Waals surface area (Å²) in [5.74, 6) is 0. The first-order valence-corrected chi connectivity index (χ1v) is 5.39. The molecule has 0 saturated heterocycles. The molecule has 0 unspecified atom stereocenters. The lowest BCUT2D eigenvalue weighted by molar-refractivity contribution is 1.00. The predicted molar refractivity (Wildman–Crippen MR) is 65.8 cm³/mol. The molecule has 1 aromatic carbocycles. The van der Waals surface area contributed by atoms with E-state index < -0.39 is 0 Å². The van der Waals surface area contributed by atoms with Crippen molar-refractivity contribution in [1.82, 2.24) is 19.6 Å². The summed E-state index contributed by atoms with van der Waals surface area (Å²) in [6.07, 6.45) is 5.20. The van der Waals surface area contributed by atoms with Gasteiger partial charge in [-0.2, -0.15) is 5.10 Å². The number of hydrogen-bond acceptors (Lipinski definition) is 3. The molecule has 4 nitrogen and oxygen atoms in total. The zero-order chi connectivity index (χ0) is 11.2. The molecule has 80 valence electrons. The molecule has 4 aromatic rings. The first-order valence-electron chi connectivity index (χ1n) is 5.39. The van der Waals surface area contributed by atoms with Gasteiger partial charge in [0, 0.05) is 17.0 Å². The number of rotatable bonds is 0. The largest absolute Gasteiger partial charge is 0.262 e. The van der Waals surface area contributed by atoms with Gasteiger partial charge in [0.15, 0.2) is 5.65 Å². The molecule has 0 aliphatic heterocycles. The zero-order valence-electron chi connectivity index (χ0n) is 8.91. The average Bonchev–Trinajstić information content (AvgIpc) is 2.89. The van der Waals surface area contributed by atoms with E-state index in [1.807, 2.05) is 28.9 Å². The van der Waals surface area contributed by atoms with Crippen LogP contribution >= 0.6 is 0 Å². The molecule has 0 spiro atoms. The Morgan fingerprint density at radius 2 is 1.82 bits per heavy atom. The maximum atomic E-state index is 4.32. The molecule has 0 bridgehead atoms. The van der Waals surface area contributed by atoms with Crippen LogP contribution in [0.15, 0.2) is 49.1 Å². The van der Waals surface area contributed by atoms with E-state index in [2.05, 4.69) is 27.2 Å². The van der Waals surface area contributed by atoms with E-state index in [4.69, 9.17) is 0 Å². The molecule has 0 atom stereocenters. The summed E-state index contributed by atoms with van der Waals surface area (Å²) in [6.45, 7) is 0. The standard InChI is InChI=1S/C13H8N4/c1-2-4-11-9(3-1)10-5-6-14-7-12(10)17-13(11)15-8-16-17/h1-8H. The summed E-state index contributed by atoms with van der Waals surface area (Å²) in [5, 5.41) is 7.71. The van der Waals surface area contributed by atoms with Gasteiger partial charge in [-0.15, -0.1) is 0 Å². The van der Waals surface area contributed by atoms with E-state index in [9.17, 15) is 0 Å². The summed E-state index contributed by atoms with van der Waals surface area (Å²) in [7, 11) is 0. The first kappa shape index (κ1) is 8.64. The minimum absolute atomic E-state index is 0.876. The van der Waals surface area contributed by atoms with Crippen molar-refractivity contribution in [3.05, 3.63) is 49.1 Å². The number of fused-ring (bicyclic) bond motifs is 6. The van der Waals surface area contributed by atoms with Crippen molar-refractivity contribution in [3.63, 3.8) is 0 Å². The number of pyridine rings is 2. The molecular weight excluding hydrogens is 212 g/mol. The number of benzene rings is 1. The lowest BCUT2D eigenvalue weighted by Gasteiger charge is -2.05. The van der Waals surface area contributed by atoms with Crippen LogP contribution in [0.4, 0.5) is 0 Å². The minimum atomic E-state index is 0.876. The van der Waals surface area contributed by atoms with Gasteiger partial charge in [-0.1, -0.05) is 24.3 Å². The van der Waals surface area contributed by atoms with Crippen molar-refractivity contribution in [2.45, 2.75) is 0 Å². The van der Waals surface area contributed by atoms with Gasteiger partial charge >= 0.3 is 0 Å². The monoisotopic (exact) mass is 220 g/mol. The smallest absolute Gasteiger partial charge is 0.163 e. The van der Waals surface area contributed by atoms with Crippen LogP contribution in [0.25, 0.3) is 27.3 Å². The van der Waals surface area contributed by atoms with Crippen molar-refractivity contribution in [2.75, 3.05) is 0 Å². The molecule has 3 heterocycles. The second kappa shape index (κ2) is 3.01. The zero-order valence-corrected chi connectivity index (χ0v) is 8.91. The Bertz CT molecular complexity index is 778.